The standard InChI is InChI=1S/C11H16ClNO.ClH/c1-11(2,7-14)10(13)8-5-3-4-6-9(8)12;/h3-6,10,14H,7,13H2,1-2H3;1H/t10-;/m0./s1. The van der Waals surface area contributed by atoms with Crippen LogP contribution < -0.4 is 5.73 Å². The largest absolute Gasteiger partial charge is 0.396 e. The molecule has 0 aliphatic carbocycles. The van der Waals surface area contributed by atoms with Gasteiger partial charge in [0.25, 0.3) is 0 Å². The summed E-state index contributed by atoms with van der Waals surface area (Å²) < 4.78 is 0. The van der Waals surface area contributed by atoms with Gasteiger partial charge in [0.1, 0.15) is 0 Å². The second kappa shape index (κ2) is 5.71. The monoisotopic (exact) mass is 249 g/mol. The van der Waals surface area contributed by atoms with E-state index in [0.717, 1.165) is 5.56 Å². The van der Waals surface area contributed by atoms with Crippen LogP contribution in [0.1, 0.15) is 25.5 Å². The van der Waals surface area contributed by atoms with Crippen molar-refractivity contribution in [2.45, 2.75) is 19.9 Å². The van der Waals surface area contributed by atoms with Crippen molar-refractivity contribution >= 4 is 24.0 Å². The van der Waals surface area contributed by atoms with Crippen molar-refractivity contribution in [3.05, 3.63) is 34.9 Å². The topological polar surface area (TPSA) is 46.2 Å². The molecule has 2 nitrogen and oxygen atoms in total. The lowest BCUT2D eigenvalue weighted by Gasteiger charge is -2.30. The predicted octanol–water partition coefficient (Wildman–Crippen LogP) is 2.78. The first-order valence-electron chi connectivity index (χ1n) is 4.60. The molecule has 0 saturated carbocycles. The van der Waals surface area contributed by atoms with Crippen LogP contribution in [0.2, 0.25) is 5.02 Å². The van der Waals surface area contributed by atoms with Crippen molar-refractivity contribution in [2.24, 2.45) is 11.1 Å². The average molecular weight is 250 g/mol. The molecule has 15 heavy (non-hydrogen) atoms. The van der Waals surface area contributed by atoms with Gasteiger partial charge in [0.2, 0.25) is 0 Å². The van der Waals surface area contributed by atoms with Crippen LogP contribution in [-0.4, -0.2) is 11.7 Å². The second-order valence-corrected chi connectivity index (χ2v) is 4.55. The molecule has 1 atom stereocenters. The summed E-state index contributed by atoms with van der Waals surface area (Å²) in [6, 6.07) is 7.22. The smallest absolute Gasteiger partial charge is 0.0500 e. The highest BCUT2D eigenvalue weighted by molar-refractivity contribution is 6.31. The maximum absolute atomic E-state index is 9.19. The molecule has 0 heterocycles. The van der Waals surface area contributed by atoms with Crippen molar-refractivity contribution in [1.82, 2.24) is 0 Å². The highest BCUT2D eigenvalue weighted by Gasteiger charge is 2.28. The van der Waals surface area contributed by atoms with Gasteiger partial charge in [-0.2, -0.15) is 0 Å². The molecule has 0 unspecified atom stereocenters. The number of aliphatic hydroxyl groups is 1. The van der Waals surface area contributed by atoms with Crippen molar-refractivity contribution < 1.29 is 5.11 Å². The van der Waals surface area contributed by atoms with Crippen molar-refractivity contribution in [2.75, 3.05) is 6.61 Å². The van der Waals surface area contributed by atoms with E-state index in [-0.39, 0.29) is 30.5 Å². The molecule has 0 aromatic heterocycles. The van der Waals surface area contributed by atoms with Gasteiger partial charge < -0.3 is 10.8 Å². The molecule has 1 aromatic rings. The van der Waals surface area contributed by atoms with E-state index in [9.17, 15) is 5.11 Å². The third kappa shape index (κ3) is 3.35. The lowest BCUT2D eigenvalue weighted by molar-refractivity contribution is 0.132. The Hall–Kier alpha value is -0.280. The quantitative estimate of drug-likeness (QED) is 0.866. The number of halogens is 2. The lowest BCUT2D eigenvalue weighted by atomic mass is 9.82. The van der Waals surface area contributed by atoms with E-state index in [4.69, 9.17) is 17.3 Å². The molecular weight excluding hydrogens is 233 g/mol. The van der Waals surface area contributed by atoms with Crippen molar-refractivity contribution in [1.29, 1.82) is 0 Å². The maximum Gasteiger partial charge on any atom is 0.0500 e. The molecular formula is C11H17Cl2NO. The molecule has 0 aliphatic rings. The van der Waals surface area contributed by atoms with Crippen LogP contribution in [0.5, 0.6) is 0 Å². The van der Waals surface area contributed by atoms with Crippen LogP contribution in [0.4, 0.5) is 0 Å². The first-order chi connectivity index (χ1) is 6.49. The van der Waals surface area contributed by atoms with Crippen LogP contribution >= 0.6 is 24.0 Å². The number of nitrogens with two attached hydrogens (primary N) is 1. The van der Waals surface area contributed by atoms with Crippen LogP contribution in [0.15, 0.2) is 24.3 Å². The summed E-state index contributed by atoms with van der Waals surface area (Å²) in [6.45, 7) is 3.88. The Morgan fingerprint density at radius 3 is 2.40 bits per heavy atom. The molecule has 0 fully saturated rings. The highest BCUT2D eigenvalue weighted by atomic mass is 35.5. The number of benzene rings is 1. The molecule has 3 N–H and O–H groups in total. The Kier molecular flexibility index (Phi) is 5.60. The summed E-state index contributed by atoms with van der Waals surface area (Å²) in [4.78, 5) is 0. The normalized spacial score (nSPS) is 13.1. The summed E-state index contributed by atoms with van der Waals surface area (Å²) in [6.07, 6.45) is 0. The third-order valence-electron chi connectivity index (χ3n) is 2.49. The van der Waals surface area contributed by atoms with E-state index in [1.807, 2.05) is 38.1 Å². The summed E-state index contributed by atoms with van der Waals surface area (Å²) in [7, 11) is 0. The minimum Gasteiger partial charge on any atom is -0.396 e. The van der Waals surface area contributed by atoms with E-state index in [0.29, 0.717) is 5.02 Å². The average Bonchev–Trinajstić information content (AvgIpc) is 2.17. The van der Waals surface area contributed by atoms with Gasteiger partial charge in [-0.1, -0.05) is 43.6 Å². The van der Waals surface area contributed by atoms with E-state index < -0.39 is 0 Å². The second-order valence-electron chi connectivity index (χ2n) is 4.15. The van der Waals surface area contributed by atoms with Crippen LogP contribution in [0.3, 0.4) is 0 Å². The van der Waals surface area contributed by atoms with Gasteiger partial charge >= 0.3 is 0 Å². The van der Waals surface area contributed by atoms with Gasteiger partial charge in [0.15, 0.2) is 0 Å². The van der Waals surface area contributed by atoms with Gasteiger partial charge in [-0.3, -0.25) is 0 Å². The zero-order valence-corrected chi connectivity index (χ0v) is 10.5. The first kappa shape index (κ1) is 14.7. The number of rotatable bonds is 3. The SMILES string of the molecule is CC(C)(CO)[C@@H](N)c1ccccc1Cl.Cl. The molecule has 0 saturated heterocycles. The molecule has 1 rings (SSSR count). The van der Waals surface area contributed by atoms with Gasteiger partial charge in [0, 0.05) is 23.1 Å². The zero-order chi connectivity index (χ0) is 10.8. The van der Waals surface area contributed by atoms with Gasteiger partial charge in [-0.25, -0.2) is 0 Å². The van der Waals surface area contributed by atoms with Gasteiger partial charge in [-0.05, 0) is 11.6 Å². The Morgan fingerprint density at radius 2 is 1.93 bits per heavy atom. The van der Waals surface area contributed by atoms with E-state index in [1.165, 1.54) is 0 Å². The summed E-state index contributed by atoms with van der Waals surface area (Å²) in [5, 5.41) is 9.85. The Morgan fingerprint density at radius 1 is 1.40 bits per heavy atom. The number of aliphatic hydroxyl groups excluding tert-OH is 1. The molecule has 0 aliphatic heterocycles. The van der Waals surface area contributed by atoms with Crippen molar-refractivity contribution in [3.8, 4) is 0 Å². The summed E-state index contributed by atoms with van der Waals surface area (Å²) in [5.41, 5.74) is 6.57. The van der Waals surface area contributed by atoms with Gasteiger partial charge in [-0.15, -0.1) is 12.4 Å². The summed E-state index contributed by atoms with van der Waals surface area (Å²) >= 11 is 6.02. The summed E-state index contributed by atoms with van der Waals surface area (Å²) in [5.74, 6) is 0. The van der Waals surface area contributed by atoms with Crippen LogP contribution in [-0.2, 0) is 0 Å². The highest BCUT2D eigenvalue weighted by Crippen LogP contribution is 2.33. The molecule has 1 aromatic carbocycles. The molecule has 0 amide bonds. The molecule has 86 valence electrons. The first-order valence-corrected chi connectivity index (χ1v) is 4.97. The maximum atomic E-state index is 9.19. The molecule has 0 spiro atoms. The number of hydrogen-bond donors (Lipinski definition) is 2. The van der Waals surface area contributed by atoms with Gasteiger partial charge in [0.05, 0.1) is 0 Å². The Balaban J connectivity index is 0.00000196. The fourth-order valence-electron chi connectivity index (χ4n) is 1.25. The minimum atomic E-state index is -0.356. The zero-order valence-electron chi connectivity index (χ0n) is 8.90. The van der Waals surface area contributed by atoms with E-state index in [1.54, 1.807) is 0 Å². The third-order valence-corrected chi connectivity index (χ3v) is 2.83. The molecule has 4 heteroatoms. The van der Waals surface area contributed by atoms with E-state index >= 15 is 0 Å². The van der Waals surface area contributed by atoms with Crippen molar-refractivity contribution in [3.63, 3.8) is 0 Å². The predicted molar refractivity (Wildman–Crippen MR) is 66.5 cm³/mol. The minimum absolute atomic E-state index is 0. The molecule has 0 bridgehead atoms. The Bertz CT molecular complexity index is 315. The fraction of sp³-hybridized carbons (Fsp3) is 0.455. The number of hydrogen-bond acceptors (Lipinski definition) is 2. The Labute approximate surface area is 102 Å². The van der Waals surface area contributed by atoms with Crippen LogP contribution in [0.25, 0.3) is 0 Å². The lowest BCUT2D eigenvalue weighted by Crippen LogP contribution is -2.32. The van der Waals surface area contributed by atoms with E-state index in [2.05, 4.69) is 0 Å². The fourth-order valence-corrected chi connectivity index (χ4v) is 1.50. The molecule has 0 radical (unpaired) electrons. The van der Waals surface area contributed by atoms with Crippen LogP contribution in [0, 0.1) is 5.41 Å².